The van der Waals surface area contributed by atoms with Crippen LogP contribution >= 0.6 is 0 Å². The lowest BCUT2D eigenvalue weighted by molar-refractivity contribution is -0.692. The fourth-order valence-electron chi connectivity index (χ4n) is 2.32. The molecule has 19 heavy (non-hydrogen) atoms. The van der Waals surface area contributed by atoms with E-state index in [9.17, 15) is 4.79 Å². The van der Waals surface area contributed by atoms with E-state index < -0.39 is 0 Å². The normalized spacial score (nSPS) is 14.4. The molecule has 1 aromatic carbocycles. The van der Waals surface area contributed by atoms with Crippen molar-refractivity contribution in [3.8, 4) is 0 Å². The van der Waals surface area contributed by atoms with Gasteiger partial charge >= 0.3 is 0 Å². The summed E-state index contributed by atoms with van der Waals surface area (Å²) in [5, 5.41) is 2.03. The highest BCUT2D eigenvalue weighted by Crippen LogP contribution is 2.22. The van der Waals surface area contributed by atoms with Crippen LogP contribution in [0.4, 0.5) is 0 Å². The third kappa shape index (κ3) is 4.67. The second-order valence-electron chi connectivity index (χ2n) is 5.65. The molecule has 2 atom stereocenters. The standard InChI is InChI=1S/C16H26N2O/c1-5-12(4)13-6-8-14(9-7-13)16(11(2)3)18-10-15(17)19/h6-9,11-12,16,18H,5,10H2,1-4H3,(H2,17,19)/p+1/t12-,16+/m1/s1. The number of benzene rings is 1. The molecule has 3 nitrogen and oxygen atoms in total. The molecule has 0 saturated heterocycles. The van der Waals surface area contributed by atoms with E-state index in [1.807, 2.05) is 5.32 Å². The molecule has 106 valence electrons. The molecule has 1 rings (SSSR count). The highest BCUT2D eigenvalue weighted by atomic mass is 16.1. The Morgan fingerprint density at radius 2 is 1.68 bits per heavy atom. The lowest BCUT2D eigenvalue weighted by Crippen LogP contribution is -2.88. The van der Waals surface area contributed by atoms with Gasteiger partial charge in [-0.05, 0) is 17.9 Å². The number of carbonyl (C=O) groups excluding carboxylic acids is 1. The maximum Gasteiger partial charge on any atom is 0.272 e. The minimum Gasteiger partial charge on any atom is -0.365 e. The summed E-state index contributed by atoms with van der Waals surface area (Å²) < 4.78 is 0. The lowest BCUT2D eigenvalue weighted by Gasteiger charge is -2.20. The maximum atomic E-state index is 10.9. The molecule has 0 aromatic heterocycles. The van der Waals surface area contributed by atoms with E-state index in [2.05, 4.69) is 52.0 Å². The molecule has 4 N–H and O–H groups in total. The van der Waals surface area contributed by atoms with Gasteiger partial charge in [0.15, 0.2) is 6.54 Å². The predicted octanol–water partition coefficient (Wildman–Crippen LogP) is 1.95. The number of quaternary nitrogens is 1. The summed E-state index contributed by atoms with van der Waals surface area (Å²) in [7, 11) is 0. The van der Waals surface area contributed by atoms with Crippen molar-refractivity contribution in [3.63, 3.8) is 0 Å². The highest BCUT2D eigenvalue weighted by molar-refractivity contribution is 5.74. The van der Waals surface area contributed by atoms with Gasteiger partial charge in [0.2, 0.25) is 0 Å². The molecule has 3 heteroatoms. The summed E-state index contributed by atoms with van der Waals surface area (Å²) >= 11 is 0. The second-order valence-corrected chi connectivity index (χ2v) is 5.65. The molecule has 0 aliphatic carbocycles. The van der Waals surface area contributed by atoms with Crippen molar-refractivity contribution < 1.29 is 10.1 Å². The first-order valence-electron chi connectivity index (χ1n) is 7.17. The monoisotopic (exact) mass is 263 g/mol. The van der Waals surface area contributed by atoms with Crippen molar-refractivity contribution in [2.45, 2.75) is 46.1 Å². The van der Waals surface area contributed by atoms with Crippen molar-refractivity contribution >= 4 is 5.91 Å². The number of hydrogen-bond acceptors (Lipinski definition) is 1. The van der Waals surface area contributed by atoms with Crippen LogP contribution in [-0.4, -0.2) is 12.5 Å². The molecule has 0 saturated carbocycles. The Kier molecular flexibility index (Phi) is 6.03. The number of rotatable bonds is 7. The molecule has 0 heterocycles. The second kappa shape index (κ2) is 7.29. The van der Waals surface area contributed by atoms with Crippen molar-refractivity contribution in [2.75, 3.05) is 6.54 Å². The Hall–Kier alpha value is -1.35. The van der Waals surface area contributed by atoms with Gasteiger partial charge in [-0.2, -0.15) is 0 Å². The van der Waals surface area contributed by atoms with Crippen molar-refractivity contribution in [1.82, 2.24) is 0 Å². The Balaban J connectivity index is 2.82. The van der Waals surface area contributed by atoms with Gasteiger partial charge in [-0.15, -0.1) is 0 Å². The van der Waals surface area contributed by atoms with E-state index in [-0.39, 0.29) is 5.91 Å². The van der Waals surface area contributed by atoms with Gasteiger partial charge in [-0.1, -0.05) is 52.0 Å². The number of nitrogens with two attached hydrogens (primary N) is 2. The number of carbonyl (C=O) groups is 1. The fraction of sp³-hybridized carbons (Fsp3) is 0.562. The van der Waals surface area contributed by atoms with Gasteiger partial charge in [0.25, 0.3) is 5.91 Å². The van der Waals surface area contributed by atoms with Gasteiger partial charge in [0.1, 0.15) is 6.04 Å². The molecule has 0 radical (unpaired) electrons. The van der Waals surface area contributed by atoms with Crippen molar-refractivity contribution in [1.29, 1.82) is 0 Å². The first-order valence-corrected chi connectivity index (χ1v) is 7.17. The Bertz CT molecular complexity index is 398. The zero-order valence-corrected chi connectivity index (χ0v) is 12.5. The first kappa shape index (κ1) is 15.7. The Labute approximate surface area is 116 Å². The molecule has 1 aromatic rings. The predicted molar refractivity (Wildman–Crippen MR) is 78.7 cm³/mol. The van der Waals surface area contributed by atoms with Crippen LogP contribution in [0.5, 0.6) is 0 Å². The van der Waals surface area contributed by atoms with E-state index in [4.69, 9.17) is 5.73 Å². The molecular weight excluding hydrogens is 236 g/mol. The molecular formula is C16H27N2O+. The molecule has 0 fully saturated rings. The summed E-state index contributed by atoms with van der Waals surface area (Å²) in [4.78, 5) is 10.9. The summed E-state index contributed by atoms with van der Waals surface area (Å²) in [6.45, 7) is 9.13. The number of hydrogen-bond donors (Lipinski definition) is 2. The van der Waals surface area contributed by atoms with Crippen LogP contribution in [0.25, 0.3) is 0 Å². The van der Waals surface area contributed by atoms with Gasteiger partial charge in [0, 0.05) is 11.5 Å². The zero-order chi connectivity index (χ0) is 14.4. The van der Waals surface area contributed by atoms with Crippen LogP contribution in [0.3, 0.4) is 0 Å². The summed E-state index contributed by atoms with van der Waals surface area (Å²) in [5.74, 6) is 0.803. The summed E-state index contributed by atoms with van der Waals surface area (Å²) in [6, 6.07) is 9.07. The summed E-state index contributed by atoms with van der Waals surface area (Å²) in [5.41, 5.74) is 7.88. The molecule has 1 amide bonds. The van der Waals surface area contributed by atoms with E-state index >= 15 is 0 Å². The highest BCUT2D eigenvalue weighted by Gasteiger charge is 2.19. The van der Waals surface area contributed by atoms with Gasteiger partial charge in [-0.25, -0.2) is 0 Å². The van der Waals surface area contributed by atoms with Crippen LogP contribution in [0.15, 0.2) is 24.3 Å². The Morgan fingerprint density at radius 1 is 1.16 bits per heavy atom. The molecule has 0 aliphatic rings. The third-order valence-electron chi connectivity index (χ3n) is 3.79. The van der Waals surface area contributed by atoms with Crippen LogP contribution in [-0.2, 0) is 4.79 Å². The number of amides is 1. The van der Waals surface area contributed by atoms with Crippen molar-refractivity contribution in [3.05, 3.63) is 35.4 Å². The zero-order valence-electron chi connectivity index (χ0n) is 12.5. The number of primary amides is 1. The smallest absolute Gasteiger partial charge is 0.272 e. The topological polar surface area (TPSA) is 59.7 Å². The maximum absolute atomic E-state index is 10.9. The van der Waals surface area contributed by atoms with Gasteiger partial charge in [-0.3, -0.25) is 4.79 Å². The lowest BCUT2D eigenvalue weighted by atomic mass is 9.92. The van der Waals surface area contributed by atoms with Crippen LogP contribution < -0.4 is 11.1 Å². The molecule has 0 unspecified atom stereocenters. The van der Waals surface area contributed by atoms with Crippen LogP contribution in [0, 0.1) is 5.92 Å². The van der Waals surface area contributed by atoms with E-state index in [0.717, 1.165) is 6.42 Å². The SMILES string of the molecule is CC[C@@H](C)c1ccc([C@@H]([NH2+]CC(N)=O)C(C)C)cc1. The first-order chi connectivity index (χ1) is 8.95. The van der Waals surface area contributed by atoms with Crippen LogP contribution in [0.1, 0.15) is 57.2 Å². The van der Waals surface area contributed by atoms with Gasteiger partial charge in [0.05, 0.1) is 0 Å². The summed E-state index contributed by atoms with van der Waals surface area (Å²) in [6.07, 6.45) is 1.15. The quantitative estimate of drug-likeness (QED) is 0.776. The molecule has 0 aliphatic heterocycles. The minimum absolute atomic E-state index is 0.262. The van der Waals surface area contributed by atoms with E-state index in [0.29, 0.717) is 24.4 Å². The third-order valence-corrected chi connectivity index (χ3v) is 3.79. The van der Waals surface area contributed by atoms with Gasteiger partial charge < -0.3 is 11.1 Å². The largest absolute Gasteiger partial charge is 0.365 e. The van der Waals surface area contributed by atoms with E-state index in [1.54, 1.807) is 0 Å². The minimum atomic E-state index is -0.262. The molecule has 0 spiro atoms. The van der Waals surface area contributed by atoms with Crippen molar-refractivity contribution in [2.24, 2.45) is 11.7 Å². The van der Waals surface area contributed by atoms with Crippen LogP contribution in [0.2, 0.25) is 0 Å². The average molecular weight is 263 g/mol. The fourth-order valence-corrected chi connectivity index (χ4v) is 2.32. The Morgan fingerprint density at radius 3 is 2.11 bits per heavy atom. The molecule has 0 bridgehead atoms. The van der Waals surface area contributed by atoms with E-state index in [1.165, 1.54) is 11.1 Å². The average Bonchev–Trinajstić information content (AvgIpc) is 2.38.